The summed E-state index contributed by atoms with van der Waals surface area (Å²) in [5.41, 5.74) is -0.0284. The lowest BCUT2D eigenvalue weighted by Gasteiger charge is -2.59. The fraction of sp³-hybridized carbons (Fsp3) is 0.880. The zero-order valence-corrected chi connectivity index (χ0v) is 18.5. The Hall–Kier alpha value is -1.19. The van der Waals surface area contributed by atoms with Gasteiger partial charge in [-0.05, 0) is 86.9 Å². The molecule has 0 radical (unpaired) electrons. The molecule has 4 rings (SSSR count). The van der Waals surface area contributed by atoms with Gasteiger partial charge in [0.15, 0.2) is 0 Å². The Bertz CT molecular complexity index is 684. The van der Waals surface area contributed by atoms with Crippen molar-refractivity contribution in [2.24, 2.45) is 40.4 Å². The average Bonchev–Trinajstić information content (AvgIpc) is 3.02. The van der Waals surface area contributed by atoms with Crippen LogP contribution in [0.1, 0.15) is 91.4 Å². The second-order valence-electron chi connectivity index (χ2n) is 10.8. The van der Waals surface area contributed by atoms with Gasteiger partial charge in [-0.15, -0.1) is 0 Å². The van der Waals surface area contributed by atoms with Gasteiger partial charge in [0, 0.05) is 31.1 Å². The maximum Gasteiger partial charge on any atom is 0.305 e. The SMILES string of the molecule is CCOC(=O)CCC[C@H]1CCC2C3CCC4CC(=O)CCC4(C)C3CC(=O)C21C. The van der Waals surface area contributed by atoms with E-state index in [0.29, 0.717) is 67.0 Å². The first-order valence-corrected chi connectivity index (χ1v) is 12.0. The molecule has 6 unspecified atom stereocenters. The first-order chi connectivity index (χ1) is 13.8. The van der Waals surface area contributed by atoms with Gasteiger partial charge in [0.1, 0.15) is 11.6 Å². The van der Waals surface area contributed by atoms with Crippen molar-refractivity contribution >= 4 is 17.5 Å². The predicted octanol–water partition coefficient (Wildman–Crippen LogP) is 5.13. The summed E-state index contributed by atoms with van der Waals surface area (Å²) in [5, 5.41) is 0. The summed E-state index contributed by atoms with van der Waals surface area (Å²) in [6, 6.07) is 0. The largest absolute Gasteiger partial charge is 0.466 e. The van der Waals surface area contributed by atoms with E-state index >= 15 is 0 Å². The Morgan fingerprint density at radius 1 is 1.07 bits per heavy atom. The number of Topliss-reactive ketones (excluding diaryl/α,β-unsaturated/α-hetero) is 2. The summed E-state index contributed by atoms with van der Waals surface area (Å²) in [4.78, 5) is 37.3. The molecule has 0 saturated heterocycles. The molecule has 0 aliphatic heterocycles. The molecule has 0 aromatic heterocycles. The molecule has 4 fully saturated rings. The van der Waals surface area contributed by atoms with Crippen LogP contribution in [0.2, 0.25) is 0 Å². The molecule has 0 aromatic carbocycles. The van der Waals surface area contributed by atoms with Crippen LogP contribution in [0, 0.1) is 40.4 Å². The van der Waals surface area contributed by atoms with Crippen molar-refractivity contribution in [2.75, 3.05) is 6.61 Å². The molecular formula is C25H38O4. The third-order valence-corrected chi connectivity index (χ3v) is 9.77. The van der Waals surface area contributed by atoms with Crippen molar-refractivity contribution < 1.29 is 19.1 Å². The van der Waals surface area contributed by atoms with Gasteiger partial charge in [0.2, 0.25) is 0 Å². The Morgan fingerprint density at radius 2 is 1.86 bits per heavy atom. The predicted molar refractivity (Wildman–Crippen MR) is 111 cm³/mol. The molecule has 0 N–H and O–H groups in total. The Balaban J connectivity index is 1.48. The molecule has 0 aromatic rings. The molecule has 7 atom stereocenters. The number of carbonyl (C=O) groups is 3. The van der Waals surface area contributed by atoms with E-state index in [4.69, 9.17) is 4.74 Å². The van der Waals surface area contributed by atoms with Crippen molar-refractivity contribution in [1.29, 1.82) is 0 Å². The number of ketones is 2. The zero-order valence-electron chi connectivity index (χ0n) is 18.5. The number of fused-ring (bicyclic) bond motifs is 5. The van der Waals surface area contributed by atoms with E-state index in [1.165, 1.54) is 6.42 Å². The van der Waals surface area contributed by atoms with Crippen LogP contribution in [-0.2, 0) is 19.1 Å². The van der Waals surface area contributed by atoms with E-state index in [9.17, 15) is 14.4 Å². The smallest absolute Gasteiger partial charge is 0.305 e. The van der Waals surface area contributed by atoms with E-state index in [2.05, 4.69) is 13.8 Å². The number of carbonyl (C=O) groups excluding carboxylic acids is 3. The number of hydrogen-bond acceptors (Lipinski definition) is 4. The summed E-state index contributed by atoms with van der Waals surface area (Å²) in [7, 11) is 0. The van der Waals surface area contributed by atoms with Crippen LogP contribution in [0.25, 0.3) is 0 Å². The van der Waals surface area contributed by atoms with Crippen LogP contribution >= 0.6 is 0 Å². The minimum Gasteiger partial charge on any atom is -0.466 e. The van der Waals surface area contributed by atoms with Gasteiger partial charge in [0.25, 0.3) is 0 Å². The molecule has 29 heavy (non-hydrogen) atoms. The highest BCUT2D eigenvalue weighted by Gasteiger charge is 2.63. The Labute approximate surface area is 175 Å². The maximum atomic E-state index is 13.6. The summed E-state index contributed by atoms with van der Waals surface area (Å²) >= 11 is 0. The van der Waals surface area contributed by atoms with Crippen molar-refractivity contribution in [1.82, 2.24) is 0 Å². The van der Waals surface area contributed by atoms with E-state index in [1.54, 1.807) is 0 Å². The molecule has 162 valence electrons. The number of esters is 1. The van der Waals surface area contributed by atoms with Crippen molar-refractivity contribution in [3.05, 3.63) is 0 Å². The Kier molecular flexibility index (Phi) is 5.67. The molecule has 4 aliphatic carbocycles. The van der Waals surface area contributed by atoms with Crippen LogP contribution in [-0.4, -0.2) is 24.1 Å². The second kappa shape index (κ2) is 7.81. The van der Waals surface area contributed by atoms with Gasteiger partial charge in [-0.3, -0.25) is 14.4 Å². The minimum atomic E-state index is -0.205. The lowest BCUT2D eigenvalue weighted by Crippen LogP contribution is -2.56. The number of rotatable bonds is 5. The van der Waals surface area contributed by atoms with Gasteiger partial charge in [0.05, 0.1) is 6.61 Å². The van der Waals surface area contributed by atoms with Crippen LogP contribution < -0.4 is 0 Å². The first-order valence-electron chi connectivity index (χ1n) is 12.0. The molecule has 0 bridgehead atoms. The number of hydrogen-bond donors (Lipinski definition) is 0. The quantitative estimate of drug-likeness (QED) is 0.598. The van der Waals surface area contributed by atoms with Crippen molar-refractivity contribution in [3.8, 4) is 0 Å². The molecular weight excluding hydrogens is 364 g/mol. The summed E-state index contributed by atoms with van der Waals surface area (Å²) in [6.07, 6.45) is 10.1. The van der Waals surface area contributed by atoms with Gasteiger partial charge in [-0.2, -0.15) is 0 Å². The van der Waals surface area contributed by atoms with Crippen molar-refractivity contribution in [3.63, 3.8) is 0 Å². The topological polar surface area (TPSA) is 60.4 Å². The lowest BCUT2D eigenvalue weighted by atomic mass is 9.44. The highest BCUT2D eigenvalue weighted by molar-refractivity contribution is 5.87. The summed E-state index contributed by atoms with van der Waals surface area (Å²) in [5.74, 6) is 3.30. The second-order valence-corrected chi connectivity index (χ2v) is 10.8. The summed E-state index contributed by atoms with van der Waals surface area (Å²) in [6.45, 7) is 6.92. The molecule has 4 heteroatoms. The highest BCUT2D eigenvalue weighted by Crippen LogP contribution is 2.66. The van der Waals surface area contributed by atoms with Crippen LogP contribution in [0.5, 0.6) is 0 Å². The average molecular weight is 403 g/mol. The molecule has 0 spiro atoms. The monoisotopic (exact) mass is 402 g/mol. The standard InChI is InChI=1S/C25H38O4/c1-4-29-23(28)7-5-6-16-9-11-20-19-10-8-17-14-18(26)12-13-24(17,2)21(19)15-22(27)25(16,20)3/h16-17,19-21H,4-15H2,1-3H3/t16-,17?,19?,20?,21?,24?,25?/m0/s1. The Morgan fingerprint density at radius 3 is 2.62 bits per heavy atom. The molecule has 4 aliphatic rings. The third-order valence-electron chi connectivity index (χ3n) is 9.77. The van der Waals surface area contributed by atoms with Gasteiger partial charge < -0.3 is 4.74 Å². The van der Waals surface area contributed by atoms with Crippen LogP contribution in [0.15, 0.2) is 0 Å². The van der Waals surface area contributed by atoms with E-state index in [-0.39, 0.29) is 16.8 Å². The van der Waals surface area contributed by atoms with Gasteiger partial charge >= 0.3 is 5.97 Å². The van der Waals surface area contributed by atoms with E-state index in [1.807, 2.05) is 6.92 Å². The van der Waals surface area contributed by atoms with Crippen molar-refractivity contribution in [2.45, 2.75) is 91.4 Å². The minimum absolute atomic E-state index is 0.111. The summed E-state index contributed by atoms with van der Waals surface area (Å²) < 4.78 is 5.07. The zero-order chi connectivity index (χ0) is 20.8. The van der Waals surface area contributed by atoms with E-state index < -0.39 is 0 Å². The van der Waals surface area contributed by atoms with Gasteiger partial charge in [-0.1, -0.05) is 13.8 Å². The highest BCUT2D eigenvalue weighted by atomic mass is 16.5. The number of ether oxygens (including phenoxy) is 1. The fourth-order valence-electron chi connectivity index (χ4n) is 8.06. The fourth-order valence-corrected chi connectivity index (χ4v) is 8.06. The van der Waals surface area contributed by atoms with E-state index in [0.717, 1.165) is 44.9 Å². The molecule has 4 nitrogen and oxygen atoms in total. The van der Waals surface area contributed by atoms with Gasteiger partial charge in [-0.25, -0.2) is 0 Å². The van der Waals surface area contributed by atoms with Crippen LogP contribution in [0.3, 0.4) is 0 Å². The maximum absolute atomic E-state index is 13.6. The molecule has 0 amide bonds. The third kappa shape index (κ3) is 3.39. The lowest BCUT2D eigenvalue weighted by molar-refractivity contribution is -0.158. The first kappa shape index (κ1) is 21.1. The normalized spacial score (nSPS) is 44.0. The molecule has 4 saturated carbocycles. The van der Waals surface area contributed by atoms with Crippen LogP contribution in [0.4, 0.5) is 0 Å². The molecule has 0 heterocycles.